The van der Waals surface area contributed by atoms with Gasteiger partial charge >= 0.3 is 0 Å². The zero-order valence-electron chi connectivity index (χ0n) is 12.9. The largest absolute Gasteiger partial charge is 0.256 e. The van der Waals surface area contributed by atoms with Crippen molar-refractivity contribution >= 4 is 10.9 Å². The van der Waals surface area contributed by atoms with E-state index in [4.69, 9.17) is 0 Å². The van der Waals surface area contributed by atoms with Gasteiger partial charge in [-0.2, -0.15) is 0 Å². The minimum Gasteiger partial charge on any atom is -0.256 e. The van der Waals surface area contributed by atoms with Gasteiger partial charge in [-0.15, -0.1) is 0 Å². The van der Waals surface area contributed by atoms with Crippen LogP contribution in [0.2, 0.25) is 0 Å². The Labute approximate surface area is 122 Å². The highest BCUT2D eigenvalue weighted by Gasteiger charge is 2.07. The summed E-state index contributed by atoms with van der Waals surface area (Å²) in [7, 11) is 0. The third kappa shape index (κ3) is 3.69. The van der Waals surface area contributed by atoms with Gasteiger partial charge < -0.3 is 0 Å². The van der Waals surface area contributed by atoms with Crippen molar-refractivity contribution in [3.05, 3.63) is 53.7 Å². The molecule has 1 aromatic carbocycles. The van der Waals surface area contributed by atoms with Gasteiger partial charge in [-0.3, -0.25) is 4.98 Å². The smallest absolute Gasteiger partial charge is 0.0704 e. The van der Waals surface area contributed by atoms with Crippen LogP contribution in [0, 0.1) is 12.8 Å². The minimum atomic E-state index is 0.661. The van der Waals surface area contributed by atoms with Crippen LogP contribution in [-0.2, 0) is 6.42 Å². The Hall–Kier alpha value is -1.63. The predicted octanol–water partition coefficient (Wildman–Crippen LogP) is 5.47. The van der Waals surface area contributed by atoms with E-state index in [0.29, 0.717) is 5.92 Å². The average molecular weight is 267 g/mol. The highest BCUT2D eigenvalue weighted by Crippen LogP contribution is 2.21. The lowest BCUT2D eigenvalue weighted by Gasteiger charge is -2.13. The van der Waals surface area contributed by atoms with Gasteiger partial charge in [0.15, 0.2) is 0 Å². The standard InChI is InChI=1S/C19H25N/c1-4-6-8-16(7-5-2)13-17-9-10-19-18(14-17)15(3)11-12-20-19/h6,8-12,14,16H,4-5,7,13H2,1-3H3/b8-6+. The number of fused-ring (bicyclic) bond motifs is 1. The number of benzene rings is 1. The highest BCUT2D eigenvalue weighted by atomic mass is 14.6. The Balaban J connectivity index is 2.23. The molecule has 0 aliphatic heterocycles. The first-order chi connectivity index (χ1) is 9.74. The summed E-state index contributed by atoms with van der Waals surface area (Å²) in [5.41, 5.74) is 3.84. The van der Waals surface area contributed by atoms with Gasteiger partial charge in [0.2, 0.25) is 0 Å². The van der Waals surface area contributed by atoms with Gasteiger partial charge in [-0.25, -0.2) is 0 Å². The fraction of sp³-hybridized carbons (Fsp3) is 0.421. The number of nitrogens with zero attached hydrogens (tertiary/aromatic N) is 1. The summed E-state index contributed by atoms with van der Waals surface area (Å²) in [5, 5.41) is 1.29. The molecule has 0 radical (unpaired) electrons. The first kappa shape index (κ1) is 14.8. The van der Waals surface area contributed by atoms with Crippen LogP contribution in [0.1, 0.15) is 44.2 Å². The monoisotopic (exact) mass is 267 g/mol. The molecule has 1 heterocycles. The van der Waals surface area contributed by atoms with Crippen LogP contribution in [0.3, 0.4) is 0 Å². The van der Waals surface area contributed by atoms with Gasteiger partial charge in [0, 0.05) is 11.6 Å². The van der Waals surface area contributed by atoms with E-state index in [1.54, 1.807) is 0 Å². The molecular formula is C19H25N. The van der Waals surface area contributed by atoms with E-state index in [1.807, 2.05) is 6.20 Å². The first-order valence-electron chi connectivity index (χ1n) is 7.75. The summed E-state index contributed by atoms with van der Waals surface area (Å²) < 4.78 is 0. The van der Waals surface area contributed by atoms with Crippen molar-refractivity contribution in [1.29, 1.82) is 0 Å². The molecule has 0 fully saturated rings. The van der Waals surface area contributed by atoms with Gasteiger partial charge in [0.05, 0.1) is 5.52 Å². The molecule has 2 aromatic rings. The summed E-state index contributed by atoms with van der Waals surface area (Å²) >= 11 is 0. The van der Waals surface area contributed by atoms with Crippen LogP contribution < -0.4 is 0 Å². The molecule has 0 amide bonds. The predicted molar refractivity (Wildman–Crippen MR) is 88.0 cm³/mol. The fourth-order valence-electron chi connectivity index (χ4n) is 2.73. The lowest BCUT2D eigenvalue weighted by molar-refractivity contribution is 0.576. The molecule has 0 saturated carbocycles. The Kier molecular flexibility index (Phi) is 5.34. The van der Waals surface area contributed by atoms with Crippen molar-refractivity contribution in [2.24, 2.45) is 5.92 Å². The molecular weight excluding hydrogens is 242 g/mol. The maximum atomic E-state index is 4.43. The van der Waals surface area contributed by atoms with Crippen molar-refractivity contribution in [3.63, 3.8) is 0 Å². The van der Waals surface area contributed by atoms with Crippen LogP contribution in [-0.4, -0.2) is 4.98 Å². The van der Waals surface area contributed by atoms with Crippen LogP contribution >= 0.6 is 0 Å². The SMILES string of the molecule is CC/C=C/C(CCC)Cc1ccc2nccc(C)c2c1. The number of aryl methyl sites for hydroxylation is 1. The molecule has 1 nitrogen and oxygen atoms in total. The first-order valence-corrected chi connectivity index (χ1v) is 7.75. The Morgan fingerprint density at radius 1 is 1.20 bits per heavy atom. The van der Waals surface area contributed by atoms with E-state index < -0.39 is 0 Å². The molecule has 0 aliphatic rings. The van der Waals surface area contributed by atoms with Crippen LogP contribution in [0.5, 0.6) is 0 Å². The number of hydrogen-bond acceptors (Lipinski definition) is 1. The second-order valence-electron chi connectivity index (χ2n) is 5.57. The molecule has 0 saturated heterocycles. The number of rotatable bonds is 6. The van der Waals surface area contributed by atoms with E-state index in [1.165, 1.54) is 29.4 Å². The number of pyridine rings is 1. The molecule has 106 valence electrons. The van der Waals surface area contributed by atoms with Crippen molar-refractivity contribution < 1.29 is 0 Å². The van der Waals surface area contributed by atoms with Crippen molar-refractivity contribution in [1.82, 2.24) is 4.98 Å². The summed E-state index contributed by atoms with van der Waals surface area (Å²) in [4.78, 5) is 4.43. The second-order valence-corrected chi connectivity index (χ2v) is 5.57. The lowest BCUT2D eigenvalue weighted by Crippen LogP contribution is -2.01. The maximum Gasteiger partial charge on any atom is 0.0704 e. The molecule has 2 rings (SSSR count). The Bertz CT molecular complexity index is 583. The number of aromatic nitrogens is 1. The third-order valence-electron chi connectivity index (χ3n) is 3.83. The van der Waals surface area contributed by atoms with Gasteiger partial charge in [0.25, 0.3) is 0 Å². The molecule has 1 atom stereocenters. The minimum absolute atomic E-state index is 0.661. The molecule has 1 heteroatoms. The molecule has 0 N–H and O–H groups in total. The Morgan fingerprint density at radius 3 is 2.80 bits per heavy atom. The molecule has 1 unspecified atom stereocenters. The van der Waals surface area contributed by atoms with E-state index >= 15 is 0 Å². The van der Waals surface area contributed by atoms with E-state index in [9.17, 15) is 0 Å². The van der Waals surface area contributed by atoms with E-state index in [-0.39, 0.29) is 0 Å². The van der Waals surface area contributed by atoms with E-state index in [2.05, 4.69) is 62.2 Å². The number of hydrogen-bond donors (Lipinski definition) is 0. The van der Waals surface area contributed by atoms with Crippen molar-refractivity contribution in [2.75, 3.05) is 0 Å². The van der Waals surface area contributed by atoms with Crippen LogP contribution in [0.15, 0.2) is 42.6 Å². The molecule has 0 bridgehead atoms. The third-order valence-corrected chi connectivity index (χ3v) is 3.83. The molecule has 20 heavy (non-hydrogen) atoms. The Morgan fingerprint density at radius 2 is 2.05 bits per heavy atom. The summed E-state index contributed by atoms with van der Waals surface area (Å²) in [6.07, 6.45) is 11.3. The summed E-state index contributed by atoms with van der Waals surface area (Å²) in [5.74, 6) is 0.661. The van der Waals surface area contributed by atoms with Crippen molar-refractivity contribution in [3.8, 4) is 0 Å². The second kappa shape index (κ2) is 7.23. The summed E-state index contributed by atoms with van der Waals surface area (Å²) in [6, 6.07) is 8.80. The van der Waals surface area contributed by atoms with Crippen LogP contribution in [0.25, 0.3) is 10.9 Å². The highest BCUT2D eigenvalue weighted by molar-refractivity contribution is 5.82. The average Bonchev–Trinajstić information content (AvgIpc) is 2.46. The van der Waals surface area contributed by atoms with Gasteiger partial charge in [-0.05, 0) is 61.4 Å². The maximum absolute atomic E-state index is 4.43. The zero-order chi connectivity index (χ0) is 14.4. The topological polar surface area (TPSA) is 12.9 Å². The van der Waals surface area contributed by atoms with Gasteiger partial charge in [-0.1, -0.05) is 38.5 Å². The zero-order valence-corrected chi connectivity index (χ0v) is 12.9. The fourth-order valence-corrected chi connectivity index (χ4v) is 2.73. The van der Waals surface area contributed by atoms with Gasteiger partial charge in [0.1, 0.15) is 0 Å². The lowest BCUT2D eigenvalue weighted by atomic mass is 9.93. The molecule has 0 spiro atoms. The summed E-state index contributed by atoms with van der Waals surface area (Å²) in [6.45, 7) is 6.63. The quantitative estimate of drug-likeness (QED) is 0.632. The van der Waals surface area contributed by atoms with Crippen LogP contribution in [0.4, 0.5) is 0 Å². The number of allylic oxidation sites excluding steroid dienone is 2. The van der Waals surface area contributed by atoms with Crippen molar-refractivity contribution in [2.45, 2.75) is 46.5 Å². The molecule has 1 aromatic heterocycles. The van der Waals surface area contributed by atoms with E-state index in [0.717, 1.165) is 18.4 Å². The normalized spacial score (nSPS) is 13.2. The molecule has 0 aliphatic carbocycles.